The van der Waals surface area contributed by atoms with Gasteiger partial charge in [-0.05, 0) is 31.5 Å². The number of pyridine rings is 1. The smallest absolute Gasteiger partial charge is 0.319 e. The summed E-state index contributed by atoms with van der Waals surface area (Å²) in [6, 6.07) is 9.25. The molecule has 3 amide bonds. The quantitative estimate of drug-likeness (QED) is 0.736. The van der Waals surface area contributed by atoms with Gasteiger partial charge < -0.3 is 5.32 Å². The van der Waals surface area contributed by atoms with E-state index in [0.717, 1.165) is 22.2 Å². The highest BCUT2D eigenvalue weighted by Crippen LogP contribution is 2.30. The number of urea groups is 1. The number of hydrogen-bond donors (Lipinski definition) is 1. The second kappa shape index (κ2) is 5.66. The molecule has 1 aliphatic rings. The number of nitrogens with one attached hydrogen (secondary N) is 1. The van der Waals surface area contributed by atoms with E-state index in [1.807, 2.05) is 37.3 Å². The van der Waals surface area contributed by atoms with Gasteiger partial charge in [0.15, 0.2) is 0 Å². The topological polar surface area (TPSA) is 80.1 Å². The number of carbonyl (C=O) groups is 2. The zero-order chi connectivity index (χ0) is 18.5. The molecule has 132 valence electrons. The first-order chi connectivity index (χ1) is 12.4. The fraction of sp³-hybridized carbons (Fsp3) is 0.263. The molecule has 0 saturated carbocycles. The number of nitrogens with zero attached hydrogens (tertiary/aromatic N) is 4. The highest BCUT2D eigenvalue weighted by molar-refractivity contribution is 6.07. The summed E-state index contributed by atoms with van der Waals surface area (Å²) in [6.07, 6.45) is 3.35. The number of aryl methyl sites for hydroxylation is 2. The van der Waals surface area contributed by atoms with Crippen molar-refractivity contribution in [3.8, 4) is 0 Å². The van der Waals surface area contributed by atoms with Gasteiger partial charge in [0.1, 0.15) is 5.54 Å². The molecule has 4 rings (SSSR count). The molecule has 1 saturated heterocycles. The molecule has 0 bridgehead atoms. The fourth-order valence-electron chi connectivity index (χ4n) is 3.41. The number of amides is 3. The molecule has 3 heterocycles. The number of aromatic nitrogens is 3. The van der Waals surface area contributed by atoms with E-state index in [-0.39, 0.29) is 12.5 Å². The maximum atomic E-state index is 13.1. The van der Waals surface area contributed by atoms with Crippen molar-refractivity contribution in [2.24, 2.45) is 7.05 Å². The lowest BCUT2D eigenvalue weighted by Gasteiger charge is -2.20. The van der Waals surface area contributed by atoms with Gasteiger partial charge in [0.2, 0.25) is 0 Å². The summed E-state index contributed by atoms with van der Waals surface area (Å²) < 4.78 is 1.61. The summed E-state index contributed by atoms with van der Waals surface area (Å²) in [5, 5.41) is 7.86. The summed E-state index contributed by atoms with van der Waals surface area (Å²) in [4.78, 5) is 31.4. The maximum Gasteiger partial charge on any atom is 0.325 e. The van der Waals surface area contributed by atoms with Crippen LogP contribution >= 0.6 is 0 Å². The van der Waals surface area contributed by atoms with E-state index >= 15 is 0 Å². The van der Waals surface area contributed by atoms with Gasteiger partial charge in [-0.25, -0.2) is 4.79 Å². The van der Waals surface area contributed by atoms with Crippen LogP contribution < -0.4 is 5.32 Å². The van der Waals surface area contributed by atoms with E-state index in [4.69, 9.17) is 0 Å². The van der Waals surface area contributed by atoms with Gasteiger partial charge in [-0.2, -0.15) is 5.10 Å². The van der Waals surface area contributed by atoms with Crippen molar-refractivity contribution in [1.82, 2.24) is 25.0 Å². The third-order valence-electron chi connectivity index (χ3n) is 4.82. The van der Waals surface area contributed by atoms with Crippen LogP contribution in [0.25, 0.3) is 10.9 Å². The molecule has 1 atom stereocenters. The van der Waals surface area contributed by atoms with E-state index in [2.05, 4.69) is 15.4 Å². The van der Waals surface area contributed by atoms with Crippen LogP contribution in [0.5, 0.6) is 0 Å². The Hall–Kier alpha value is -3.22. The van der Waals surface area contributed by atoms with Gasteiger partial charge in [0, 0.05) is 29.9 Å². The number of para-hydroxylation sites is 1. The Morgan fingerprint density at radius 1 is 1.23 bits per heavy atom. The highest BCUT2D eigenvalue weighted by Gasteiger charge is 2.49. The van der Waals surface area contributed by atoms with Gasteiger partial charge in [-0.3, -0.25) is 19.4 Å². The van der Waals surface area contributed by atoms with Crippen LogP contribution in [0.1, 0.15) is 23.7 Å². The summed E-state index contributed by atoms with van der Waals surface area (Å²) >= 11 is 0. The molecule has 26 heavy (non-hydrogen) atoms. The third-order valence-corrected chi connectivity index (χ3v) is 4.82. The van der Waals surface area contributed by atoms with Crippen molar-refractivity contribution in [1.29, 1.82) is 0 Å². The van der Waals surface area contributed by atoms with Crippen molar-refractivity contribution in [2.45, 2.75) is 25.9 Å². The SMILES string of the molecule is Cc1cc(CN2C(=O)N[C@@](C)(c3cnn(C)c3)C2=O)c2ccccc2n1. The van der Waals surface area contributed by atoms with Crippen LogP contribution in [0.3, 0.4) is 0 Å². The number of rotatable bonds is 3. The molecule has 3 aromatic rings. The molecule has 0 spiro atoms. The normalized spacial score (nSPS) is 20.0. The molecule has 1 fully saturated rings. The van der Waals surface area contributed by atoms with Crippen molar-refractivity contribution in [3.05, 3.63) is 59.5 Å². The molecule has 1 aliphatic heterocycles. The van der Waals surface area contributed by atoms with Crippen molar-refractivity contribution < 1.29 is 9.59 Å². The molecule has 2 aromatic heterocycles. The number of hydrogen-bond acceptors (Lipinski definition) is 4. The average Bonchev–Trinajstić information content (AvgIpc) is 3.13. The highest BCUT2D eigenvalue weighted by atomic mass is 16.2. The lowest BCUT2D eigenvalue weighted by atomic mass is 9.95. The Morgan fingerprint density at radius 2 is 2.00 bits per heavy atom. The van der Waals surface area contributed by atoms with E-state index in [0.29, 0.717) is 5.56 Å². The standard InChI is InChI=1S/C19H19N5O2/c1-12-8-13(15-6-4-5-7-16(15)21-12)10-24-17(25)19(2,22-18(24)26)14-9-20-23(3)11-14/h4-9,11H,10H2,1-3H3,(H,22,26)/t19-/m0/s1. The van der Waals surface area contributed by atoms with Crippen LogP contribution in [-0.4, -0.2) is 31.6 Å². The Labute approximate surface area is 150 Å². The summed E-state index contributed by atoms with van der Waals surface area (Å²) in [5.41, 5.74) is 2.15. The average molecular weight is 349 g/mol. The molecule has 1 aromatic carbocycles. The molecular weight excluding hydrogens is 330 g/mol. The molecule has 0 unspecified atom stereocenters. The van der Waals surface area contributed by atoms with Crippen LogP contribution in [0.15, 0.2) is 42.7 Å². The first-order valence-corrected chi connectivity index (χ1v) is 8.37. The molecule has 0 aliphatic carbocycles. The number of benzene rings is 1. The van der Waals surface area contributed by atoms with Crippen molar-refractivity contribution in [2.75, 3.05) is 0 Å². The number of fused-ring (bicyclic) bond motifs is 1. The third kappa shape index (κ3) is 2.44. The van der Waals surface area contributed by atoms with Crippen LogP contribution in [0.4, 0.5) is 4.79 Å². The molecule has 0 radical (unpaired) electrons. The van der Waals surface area contributed by atoms with E-state index in [9.17, 15) is 9.59 Å². The summed E-state index contributed by atoms with van der Waals surface area (Å²) in [7, 11) is 1.78. The van der Waals surface area contributed by atoms with Gasteiger partial charge in [0.25, 0.3) is 5.91 Å². The minimum absolute atomic E-state index is 0.199. The van der Waals surface area contributed by atoms with Gasteiger partial charge in [-0.1, -0.05) is 18.2 Å². The van der Waals surface area contributed by atoms with E-state index < -0.39 is 11.6 Å². The molecule has 1 N–H and O–H groups in total. The molecular formula is C19H19N5O2. The second-order valence-electron chi connectivity index (χ2n) is 6.79. The zero-order valence-electron chi connectivity index (χ0n) is 14.9. The first-order valence-electron chi connectivity index (χ1n) is 8.37. The van der Waals surface area contributed by atoms with Crippen molar-refractivity contribution >= 4 is 22.8 Å². The summed E-state index contributed by atoms with van der Waals surface area (Å²) in [6.45, 7) is 3.81. The monoisotopic (exact) mass is 349 g/mol. The maximum absolute atomic E-state index is 13.1. The first kappa shape index (κ1) is 16.3. The van der Waals surface area contributed by atoms with Crippen LogP contribution in [-0.2, 0) is 23.9 Å². The minimum atomic E-state index is -1.11. The molecule has 7 heteroatoms. The lowest BCUT2D eigenvalue weighted by Crippen LogP contribution is -2.40. The number of carbonyl (C=O) groups excluding carboxylic acids is 2. The predicted octanol–water partition coefficient (Wildman–Crippen LogP) is 2.24. The Morgan fingerprint density at radius 3 is 2.73 bits per heavy atom. The summed E-state index contributed by atoms with van der Waals surface area (Å²) in [5.74, 6) is -0.283. The predicted molar refractivity (Wildman–Crippen MR) is 96.1 cm³/mol. The van der Waals surface area contributed by atoms with Crippen LogP contribution in [0.2, 0.25) is 0 Å². The van der Waals surface area contributed by atoms with Crippen LogP contribution in [0, 0.1) is 6.92 Å². The largest absolute Gasteiger partial charge is 0.325 e. The second-order valence-corrected chi connectivity index (χ2v) is 6.79. The lowest BCUT2D eigenvalue weighted by molar-refractivity contribution is -0.131. The Bertz CT molecular complexity index is 1040. The Kier molecular flexibility index (Phi) is 3.54. The Balaban J connectivity index is 1.72. The fourth-order valence-corrected chi connectivity index (χ4v) is 3.41. The van der Waals surface area contributed by atoms with E-state index in [1.54, 1.807) is 31.0 Å². The van der Waals surface area contributed by atoms with Crippen molar-refractivity contribution in [3.63, 3.8) is 0 Å². The van der Waals surface area contributed by atoms with Gasteiger partial charge in [0.05, 0.1) is 18.3 Å². The zero-order valence-corrected chi connectivity index (χ0v) is 14.9. The molecule has 7 nitrogen and oxygen atoms in total. The van der Waals surface area contributed by atoms with E-state index in [1.165, 1.54) is 4.90 Å². The number of imide groups is 1. The van der Waals surface area contributed by atoms with Gasteiger partial charge in [-0.15, -0.1) is 0 Å². The minimum Gasteiger partial charge on any atom is -0.319 e. The van der Waals surface area contributed by atoms with Gasteiger partial charge >= 0.3 is 6.03 Å².